The van der Waals surface area contributed by atoms with Gasteiger partial charge in [-0.15, -0.1) is 0 Å². The Kier molecular flexibility index (Phi) is 2.54. The topological polar surface area (TPSA) is 12.0 Å². The monoisotopic (exact) mass is 203 g/mol. The second kappa shape index (κ2) is 3.44. The number of hydrogen-bond acceptors (Lipinski definition) is 1. The van der Waals surface area contributed by atoms with Crippen molar-refractivity contribution in [1.29, 1.82) is 0 Å². The largest absolute Gasteiger partial charge is 0.309 e. The second-order valence-electron chi connectivity index (χ2n) is 4.86. The Labute approximate surface area is 84.3 Å². The van der Waals surface area contributed by atoms with E-state index in [1.165, 1.54) is 0 Å². The molecule has 0 aromatic rings. The van der Waals surface area contributed by atoms with Crippen LogP contribution in [-0.4, -0.2) is 19.0 Å². The van der Waals surface area contributed by atoms with Gasteiger partial charge in [0.2, 0.25) is 0 Å². The molecule has 0 bridgehead atoms. The molecule has 2 saturated carbocycles. The van der Waals surface area contributed by atoms with Crippen molar-refractivity contribution in [2.45, 2.75) is 56.9 Å². The molecule has 0 aromatic carbocycles. The van der Waals surface area contributed by atoms with Gasteiger partial charge < -0.3 is 5.32 Å². The molecule has 1 spiro atoms. The molecule has 1 unspecified atom stereocenters. The highest BCUT2D eigenvalue weighted by Crippen LogP contribution is 2.58. The smallest absolute Gasteiger partial charge is 0.257 e. The van der Waals surface area contributed by atoms with Crippen LogP contribution >= 0.6 is 0 Å². The third-order valence-corrected chi connectivity index (χ3v) is 4.55. The van der Waals surface area contributed by atoms with E-state index in [1.54, 1.807) is 7.05 Å². The van der Waals surface area contributed by atoms with Crippen molar-refractivity contribution in [3.05, 3.63) is 0 Å². The van der Waals surface area contributed by atoms with Crippen molar-refractivity contribution in [2.75, 3.05) is 7.05 Å². The lowest BCUT2D eigenvalue weighted by Crippen LogP contribution is -2.57. The Balaban J connectivity index is 2.30. The standard InChI is InChI=1S/C11H19F2N/c1-14-11(9(12)13)8-4-7-10(11)5-2-3-6-10/h9,14H,2-8H2,1H3. The molecule has 0 aromatic heterocycles. The van der Waals surface area contributed by atoms with Crippen molar-refractivity contribution >= 4 is 0 Å². The average molecular weight is 203 g/mol. The van der Waals surface area contributed by atoms with Gasteiger partial charge in [-0.3, -0.25) is 0 Å². The lowest BCUT2D eigenvalue weighted by atomic mass is 9.70. The predicted octanol–water partition coefficient (Wildman–Crippen LogP) is 2.95. The molecule has 2 aliphatic carbocycles. The summed E-state index contributed by atoms with van der Waals surface area (Å²) in [4.78, 5) is 0. The summed E-state index contributed by atoms with van der Waals surface area (Å²) in [5.41, 5.74) is -0.959. The molecule has 82 valence electrons. The van der Waals surface area contributed by atoms with Crippen LogP contribution in [0.3, 0.4) is 0 Å². The summed E-state index contributed by atoms with van der Waals surface area (Å²) in [6, 6.07) is 0. The minimum absolute atomic E-state index is 0.0874. The highest BCUT2D eigenvalue weighted by atomic mass is 19.3. The summed E-state index contributed by atoms with van der Waals surface area (Å²) < 4.78 is 26.5. The van der Waals surface area contributed by atoms with Crippen LogP contribution < -0.4 is 5.32 Å². The molecule has 1 N–H and O–H groups in total. The van der Waals surface area contributed by atoms with Crippen molar-refractivity contribution in [3.8, 4) is 0 Å². The van der Waals surface area contributed by atoms with E-state index in [0.29, 0.717) is 6.42 Å². The molecular formula is C11H19F2N. The maximum absolute atomic E-state index is 13.2. The van der Waals surface area contributed by atoms with E-state index in [0.717, 1.165) is 38.5 Å². The van der Waals surface area contributed by atoms with Crippen molar-refractivity contribution < 1.29 is 8.78 Å². The third kappa shape index (κ3) is 1.14. The molecule has 0 aliphatic heterocycles. The zero-order valence-corrected chi connectivity index (χ0v) is 8.78. The van der Waals surface area contributed by atoms with Gasteiger partial charge in [0, 0.05) is 0 Å². The molecule has 14 heavy (non-hydrogen) atoms. The van der Waals surface area contributed by atoms with E-state index in [1.807, 2.05) is 0 Å². The molecule has 0 heterocycles. The van der Waals surface area contributed by atoms with Gasteiger partial charge in [0.05, 0.1) is 5.54 Å². The predicted molar refractivity (Wildman–Crippen MR) is 52.5 cm³/mol. The molecular weight excluding hydrogens is 184 g/mol. The zero-order chi connectivity index (χ0) is 10.2. The number of halogens is 2. The van der Waals surface area contributed by atoms with Gasteiger partial charge in [-0.2, -0.15) is 0 Å². The van der Waals surface area contributed by atoms with Crippen molar-refractivity contribution in [1.82, 2.24) is 5.32 Å². The minimum Gasteiger partial charge on any atom is -0.309 e. The fourth-order valence-electron chi connectivity index (χ4n) is 3.78. The summed E-state index contributed by atoms with van der Waals surface area (Å²) in [5, 5.41) is 2.96. The summed E-state index contributed by atoms with van der Waals surface area (Å²) in [6.45, 7) is 0. The maximum atomic E-state index is 13.2. The van der Waals surface area contributed by atoms with E-state index < -0.39 is 12.0 Å². The Hall–Kier alpha value is -0.180. The molecule has 2 aliphatic rings. The van der Waals surface area contributed by atoms with Crippen LogP contribution in [0.5, 0.6) is 0 Å². The van der Waals surface area contributed by atoms with E-state index in [9.17, 15) is 8.78 Å². The number of nitrogens with one attached hydrogen (secondary N) is 1. The SMILES string of the molecule is CNC1(C(F)F)CCCC12CCCC2. The van der Waals surface area contributed by atoms with Gasteiger partial charge in [-0.05, 0) is 38.1 Å². The lowest BCUT2D eigenvalue weighted by molar-refractivity contribution is -0.0331. The quantitative estimate of drug-likeness (QED) is 0.727. The first-order valence-electron chi connectivity index (χ1n) is 5.64. The fourth-order valence-corrected chi connectivity index (χ4v) is 3.78. The van der Waals surface area contributed by atoms with Gasteiger partial charge in [0.15, 0.2) is 0 Å². The molecule has 1 atom stereocenters. The Morgan fingerprint density at radius 3 is 2.07 bits per heavy atom. The first kappa shape index (κ1) is 10.3. The Morgan fingerprint density at radius 1 is 1.00 bits per heavy atom. The summed E-state index contributed by atoms with van der Waals surface area (Å²) in [5.74, 6) is 0. The summed E-state index contributed by atoms with van der Waals surface area (Å²) in [6.07, 6.45) is 4.67. The lowest BCUT2D eigenvalue weighted by Gasteiger charge is -2.43. The Morgan fingerprint density at radius 2 is 1.57 bits per heavy atom. The fraction of sp³-hybridized carbons (Fsp3) is 1.00. The minimum atomic E-state index is -2.21. The van der Waals surface area contributed by atoms with E-state index >= 15 is 0 Å². The van der Waals surface area contributed by atoms with Crippen molar-refractivity contribution in [3.63, 3.8) is 0 Å². The van der Waals surface area contributed by atoms with Gasteiger partial charge in [-0.1, -0.05) is 19.3 Å². The van der Waals surface area contributed by atoms with E-state index in [2.05, 4.69) is 5.32 Å². The summed E-state index contributed by atoms with van der Waals surface area (Å²) in [7, 11) is 1.71. The molecule has 0 saturated heterocycles. The third-order valence-electron chi connectivity index (χ3n) is 4.55. The van der Waals surface area contributed by atoms with Crippen LogP contribution in [0.4, 0.5) is 8.78 Å². The van der Waals surface area contributed by atoms with Crippen LogP contribution in [0, 0.1) is 5.41 Å². The van der Waals surface area contributed by atoms with E-state index in [-0.39, 0.29) is 5.41 Å². The Bertz CT molecular complexity index is 206. The van der Waals surface area contributed by atoms with Crippen LogP contribution in [0.2, 0.25) is 0 Å². The average Bonchev–Trinajstić information content (AvgIpc) is 2.75. The second-order valence-corrected chi connectivity index (χ2v) is 4.86. The van der Waals surface area contributed by atoms with Crippen LogP contribution in [0.25, 0.3) is 0 Å². The van der Waals surface area contributed by atoms with Gasteiger partial charge in [-0.25, -0.2) is 8.78 Å². The normalized spacial score (nSPS) is 36.0. The molecule has 3 heteroatoms. The molecule has 2 rings (SSSR count). The highest BCUT2D eigenvalue weighted by molar-refractivity contribution is 5.11. The molecule has 1 nitrogen and oxygen atoms in total. The summed E-state index contributed by atoms with van der Waals surface area (Å²) >= 11 is 0. The highest BCUT2D eigenvalue weighted by Gasteiger charge is 2.59. The molecule has 2 fully saturated rings. The van der Waals surface area contributed by atoms with Crippen LogP contribution in [-0.2, 0) is 0 Å². The zero-order valence-electron chi connectivity index (χ0n) is 8.78. The molecule has 0 amide bonds. The van der Waals surface area contributed by atoms with E-state index in [4.69, 9.17) is 0 Å². The van der Waals surface area contributed by atoms with Crippen LogP contribution in [0.1, 0.15) is 44.9 Å². The first-order chi connectivity index (χ1) is 6.67. The van der Waals surface area contributed by atoms with Crippen molar-refractivity contribution in [2.24, 2.45) is 5.41 Å². The maximum Gasteiger partial charge on any atom is 0.257 e. The van der Waals surface area contributed by atoms with Gasteiger partial charge >= 0.3 is 0 Å². The molecule has 0 radical (unpaired) electrons. The number of hydrogen-bond donors (Lipinski definition) is 1. The number of alkyl halides is 2. The van der Waals surface area contributed by atoms with Gasteiger partial charge in [0.1, 0.15) is 0 Å². The first-order valence-corrected chi connectivity index (χ1v) is 5.64. The van der Waals surface area contributed by atoms with Crippen LogP contribution in [0.15, 0.2) is 0 Å². The van der Waals surface area contributed by atoms with Gasteiger partial charge in [0.25, 0.3) is 6.43 Å². The number of rotatable bonds is 2.